The van der Waals surface area contributed by atoms with Gasteiger partial charge in [0.1, 0.15) is 0 Å². The summed E-state index contributed by atoms with van der Waals surface area (Å²) in [5.41, 5.74) is 1.15. The zero-order valence-corrected chi connectivity index (χ0v) is 14.2. The molecule has 0 atom stereocenters. The van der Waals surface area contributed by atoms with E-state index in [4.69, 9.17) is 14.0 Å². The Balaban J connectivity index is 1.94. The average molecular weight is 314 g/mol. The summed E-state index contributed by atoms with van der Waals surface area (Å²) in [6.45, 7) is 12.5. The van der Waals surface area contributed by atoms with Crippen LogP contribution in [0.3, 0.4) is 0 Å². The molecule has 1 saturated heterocycles. The fourth-order valence-corrected chi connectivity index (χ4v) is 2.49. The van der Waals surface area contributed by atoms with E-state index in [0.29, 0.717) is 12.5 Å². The molecule has 3 heterocycles. The highest BCUT2D eigenvalue weighted by Gasteiger charge is 2.51. The quantitative estimate of drug-likeness (QED) is 0.483. The molecule has 2 aromatic heterocycles. The van der Waals surface area contributed by atoms with Crippen LogP contribution in [0.2, 0.25) is 0 Å². The highest BCUT2D eigenvalue weighted by Crippen LogP contribution is 2.36. The molecule has 5 nitrogen and oxygen atoms in total. The van der Waals surface area contributed by atoms with E-state index in [1.54, 1.807) is 10.7 Å². The summed E-state index contributed by atoms with van der Waals surface area (Å²) < 4.78 is 19.9. The first-order chi connectivity index (χ1) is 10.8. The molecule has 1 fully saturated rings. The predicted molar refractivity (Wildman–Crippen MR) is 91.2 cm³/mol. The largest absolute Gasteiger partial charge is 0.495 e. The molecular weight excluding hydrogens is 291 g/mol. The molecule has 0 bridgehead atoms. The minimum absolute atomic E-state index is 0.367. The number of rotatable bonds is 5. The molecule has 0 aromatic carbocycles. The lowest BCUT2D eigenvalue weighted by atomic mass is 9.79. The second kappa shape index (κ2) is 5.69. The third-order valence-corrected chi connectivity index (χ3v) is 4.58. The standard InChI is InChI=1S/C17H23BN2O3/c1-6-7-10-21-15-12-13(11-14-8-9-19-20(14)15)18-22-16(2,3)17(4,5)23-18/h6,8-9,11-12H,1,7,10H2,2-5H3. The lowest BCUT2D eigenvalue weighted by molar-refractivity contribution is 0.00578. The van der Waals surface area contributed by atoms with Crippen molar-refractivity contribution in [3.8, 4) is 5.88 Å². The van der Waals surface area contributed by atoms with Crippen LogP contribution in [0.15, 0.2) is 37.1 Å². The minimum atomic E-state index is -0.415. The number of aromatic nitrogens is 2. The summed E-state index contributed by atoms with van der Waals surface area (Å²) in [5.74, 6) is 0.680. The maximum absolute atomic E-state index is 6.13. The Hall–Kier alpha value is -1.79. The Kier molecular flexibility index (Phi) is 3.98. The zero-order valence-electron chi connectivity index (χ0n) is 14.2. The Morgan fingerprint density at radius 3 is 2.61 bits per heavy atom. The number of fused-ring (bicyclic) bond motifs is 1. The number of hydrogen-bond donors (Lipinski definition) is 0. The SMILES string of the molecule is C=CCCOc1cc(B2OC(C)(C)C(C)(C)O2)cc2ccnn12. The van der Waals surface area contributed by atoms with Crippen LogP contribution in [-0.2, 0) is 9.31 Å². The van der Waals surface area contributed by atoms with Crippen molar-refractivity contribution in [1.82, 2.24) is 9.61 Å². The molecule has 0 spiro atoms. The molecule has 0 unspecified atom stereocenters. The molecule has 3 rings (SSSR count). The first-order valence-electron chi connectivity index (χ1n) is 7.91. The third kappa shape index (κ3) is 2.89. The summed E-state index contributed by atoms with van der Waals surface area (Å²) in [7, 11) is -0.415. The summed E-state index contributed by atoms with van der Waals surface area (Å²) in [6.07, 6.45) is 4.37. The number of pyridine rings is 1. The van der Waals surface area contributed by atoms with Crippen LogP contribution in [-0.4, -0.2) is 34.5 Å². The zero-order chi connectivity index (χ0) is 16.7. The smallest absolute Gasteiger partial charge is 0.477 e. The van der Waals surface area contributed by atoms with Crippen LogP contribution in [0.25, 0.3) is 5.52 Å². The van der Waals surface area contributed by atoms with Crippen LogP contribution in [0.4, 0.5) is 0 Å². The Labute approximate surface area is 137 Å². The molecule has 0 aliphatic carbocycles. The van der Waals surface area contributed by atoms with Gasteiger partial charge in [-0.05, 0) is 51.7 Å². The van der Waals surface area contributed by atoms with Gasteiger partial charge >= 0.3 is 7.12 Å². The molecule has 23 heavy (non-hydrogen) atoms. The Morgan fingerprint density at radius 1 is 1.26 bits per heavy atom. The van der Waals surface area contributed by atoms with Gasteiger partial charge in [0.05, 0.1) is 29.5 Å². The first kappa shape index (κ1) is 16.1. The van der Waals surface area contributed by atoms with Crippen molar-refractivity contribution in [2.75, 3.05) is 6.61 Å². The lowest BCUT2D eigenvalue weighted by Gasteiger charge is -2.32. The summed E-state index contributed by atoms with van der Waals surface area (Å²) in [6, 6.07) is 5.90. The van der Waals surface area contributed by atoms with E-state index in [2.05, 4.69) is 11.7 Å². The van der Waals surface area contributed by atoms with Crippen LogP contribution in [0, 0.1) is 0 Å². The second-order valence-corrected chi connectivity index (χ2v) is 6.81. The van der Waals surface area contributed by atoms with Crippen molar-refractivity contribution < 1.29 is 14.0 Å². The average Bonchev–Trinajstić information content (AvgIpc) is 3.01. The Morgan fingerprint density at radius 2 is 1.96 bits per heavy atom. The molecule has 0 N–H and O–H groups in total. The highest BCUT2D eigenvalue weighted by molar-refractivity contribution is 6.62. The molecule has 1 aliphatic rings. The maximum Gasteiger partial charge on any atom is 0.495 e. The lowest BCUT2D eigenvalue weighted by Crippen LogP contribution is -2.41. The predicted octanol–water partition coefficient (Wildman–Crippen LogP) is 2.59. The van der Waals surface area contributed by atoms with E-state index >= 15 is 0 Å². The van der Waals surface area contributed by atoms with E-state index < -0.39 is 7.12 Å². The fourth-order valence-electron chi connectivity index (χ4n) is 2.49. The van der Waals surface area contributed by atoms with Crippen molar-refractivity contribution in [2.45, 2.75) is 45.3 Å². The van der Waals surface area contributed by atoms with E-state index in [9.17, 15) is 0 Å². The molecule has 1 aliphatic heterocycles. The van der Waals surface area contributed by atoms with Gasteiger partial charge in [-0.2, -0.15) is 5.10 Å². The van der Waals surface area contributed by atoms with Gasteiger partial charge < -0.3 is 14.0 Å². The van der Waals surface area contributed by atoms with Crippen LogP contribution < -0.4 is 10.2 Å². The van der Waals surface area contributed by atoms with Gasteiger partial charge in [0, 0.05) is 6.07 Å². The van der Waals surface area contributed by atoms with Crippen LogP contribution >= 0.6 is 0 Å². The minimum Gasteiger partial charge on any atom is -0.477 e. The van der Waals surface area contributed by atoms with Crippen molar-refractivity contribution in [2.24, 2.45) is 0 Å². The molecule has 6 heteroatoms. The van der Waals surface area contributed by atoms with E-state index in [0.717, 1.165) is 17.4 Å². The molecule has 0 amide bonds. The van der Waals surface area contributed by atoms with Gasteiger partial charge in [0.25, 0.3) is 0 Å². The number of hydrogen-bond acceptors (Lipinski definition) is 4. The Bertz CT molecular complexity index is 708. The number of nitrogens with zero attached hydrogens (tertiary/aromatic N) is 2. The van der Waals surface area contributed by atoms with Crippen molar-refractivity contribution in [3.63, 3.8) is 0 Å². The van der Waals surface area contributed by atoms with Crippen LogP contribution in [0.1, 0.15) is 34.1 Å². The van der Waals surface area contributed by atoms with Gasteiger partial charge in [-0.1, -0.05) is 6.08 Å². The molecule has 2 aromatic rings. The molecular formula is C17H23BN2O3. The van der Waals surface area contributed by atoms with Gasteiger partial charge in [-0.3, -0.25) is 0 Å². The van der Waals surface area contributed by atoms with Gasteiger partial charge in [0.2, 0.25) is 5.88 Å². The van der Waals surface area contributed by atoms with Crippen molar-refractivity contribution >= 4 is 18.1 Å². The van der Waals surface area contributed by atoms with E-state index in [-0.39, 0.29) is 11.2 Å². The third-order valence-electron chi connectivity index (χ3n) is 4.58. The monoisotopic (exact) mass is 314 g/mol. The highest BCUT2D eigenvalue weighted by atomic mass is 16.7. The fraction of sp³-hybridized carbons (Fsp3) is 0.471. The van der Waals surface area contributed by atoms with Gasteiger partial charge in [0.15, 0.2) is 0 Å². The maximum atomic E-state index is 6.13. The second-order valence-electron chi connectivity index (χ2n) is 6.81. The normalized spacial score (nSPS) is 19.2. The molecule has 0 saturated carbocycles. The molecule has 0 radical (unpaired) electrons. The van der Waals surface area contributed by atoms with Crippen molar-refractivity contribution in [3.05, 3.63) is 37.1 Å². The van der Waals surface area contributed by atoms with Gasteiger partial charge in [-0.15, -0.1) is 6.58 Å². The summed E-state index contributed by atoms with van der Waals surface area (Å²) in [5, 5.41) is 4.31. The topological polar surface area (TPSA) is 45.0 Å². The first-order valence-corrected chi connectivity index (χ1v) is 7.91. The summed E-state index contributed by atoms with van der Waals surface area (Å²) >= 11 is 0. The number of ether oxygens (including phenoxy) is 1. The van der Waals surface area contributed by atoms with Gasteiger partial charge in [-0.25, -0.2) is 4.52 Å². The van der Waals surface area contributed by atoms with Crippen molar-refractivity contribution in [1.29, 1.82) is 0 Å². The van der Waals surface area contributed by atoms with E-state index in [1.807, 2.05) is 52.0 Å². The molecule has 122 valence electrons. The van der Waals surface area contributed by atoms with E-state index in [1.165, 1.54) is 0 Å². The summed E-state index contributed by atoms with van der Waals surface area (Å²) in [4.78, 5) is 0. The van der Waals surface area contributed by atoms with Crippen LogP contribution in [0.5, 0.6) is 5.88 Å².